The summed E-state index contributed by atoms with van der Waals surface area (Å²) in [6.45, 7) is 1.11. The molecule has 2 amide bonds. The van der Waals surface area contributed by atoms with E-state index in [4.69, 9.17) is 0 Å². The van der Waals surface area contributed by atoms with Crippen molar-refractivity contribution in [3.63, 3.8) is 0 Å². The van der Waals surface area contributed by atoms with Gasteiger partial charge in [-0.3, -0.25) is 0 Å². The molecule has 6 heteroatoms. The number of halogens is 2. The van der Waals surface area contributed by atoms with Crippen molar-refractivity contribution >= 4 is 11.7 Å². The zero-order chi connectivity index (χ0) is 18.1. The number of nitrogens with zero attached hydrogens (tertiary/aromatic N) is 2. The monoisotopic (exact) mass is 353 g/mol. The van der Waals surface area contributed by atoms with E-state index in [-0.39, 0.29) is 17.5 Å². The second-order valence-corrected chi connectivity index (χ2v) is 6.18. The largest absolute Gasteiger partial charge is 0.348 e. The molecule has 0 saturated carbocycles. The van der Waals surface area contributed by atoms with E-state index in [9.17, 15) is 13.6 Å². The van der Waals surface area contributed by atoms with Crippen molar-refractivity contribution < 1.29 is 13.6 Å². The molecule has 2 aromatic carbocycles. The maximum absolute atomic E-state index is 13.9. The van der Waals surface area contributed by atoms with Gasteiger partial charge in [0.25, 0.3) is 0 Å². The fourth-order valence-corrected chi connectivity index (χ4v) is 3.35. The fourth-order valence-electron chi connectivity index (χ4n) is 3.35. The summed E-state index contributed by atoms with van der Waals surface area (Å²) in [5.74, 6) is -0.818. The van der Waals surface area contributed by atoms with Crippen LogP contribution in [0, 0.1) is 11.6 Å². The molecule has 1 aliphatic heterocycles. The number of fused-ring (bicyclic) bond motifs is 1. The molecule has 0 fully saturated rings. The van der Waals surface area contributed by atoms with Crippen LogP contribution in [0.1, 0.15) is 17.3 Å². The predicted molar refractivity (Wildman–Crippen MR) is 94.8 cm³/mol. The average Bonchev–Trinajstić information content (AvgIpc) is 3.12. The van der Waals surface area contributed by atoms with E-state index in [1.807, 2.05) is 18.3 Å². The van der Waals surface area contributed by atoms with Crippen molar-refractivity contribution in [1.29, 1.82) is 0 Å². The highest BCUT2D eigenvalue weighted by Crippen LogP contribution is 2.33. The third kappa shape index (κ3) is 2.94. The molecule has 0 bridgehead atoms. The molecule has 1 N–H and O–H groups in total. The van der Waals surface area contributed by atoms with Crippen LogP contribution in [-0.4, -0.2) is 22.0 Å². The fraction of sp³-hybridized carbons (Fsp3) is 0.150. The van der Waals surface area contributed by atoms with Crippen molar-refractivity contribution in [2.24, 2.45) is 0 Å². The first-order valence-corrected chi connectivity index (χ1v) is 8.36. The lowest BCUT2D eigenvalue weighted by molar-refractivity contribution is 0.181. The highest BCUT2D eigenvalue weighted by atomic mass is 19.1. The molecule has 0 aliphatic carbocycles. The lowest BCUT2D eigenvalue weighted by atomic mass is 10.0. The van der Waals surface area contributed by atoms with Crippen LogP contribution < -0.4 is 5.32 Å². The Kier molecular flexibility index (Phi) is 4.16. The number of hydrogen-bond acceptors (Lipinski definition) is 1. The van der Waals surface area contributed by atoms with E-state index < -0.39 is 11.8 Å². The highest BCUT2D eigenvalue weighted by Gasteiger charge is 2.32. The highest BCUT2D eigenvalue weighted by molar-refractivity contribution is 5.90. The summed E-state index contributed by atoms with van der Waals surface area (Å²) in [6.07, 6.45) is 1.96. The summed E-state index contributed by atoms with van der Waals surface area (Å²) >= 11 is 0. The number of rotatable bonds is 2. The lowest BCUT2D eigenvalue weighted by Crippen LogP contribution is -2.44. The van der Waals surface area contributed by atoms with E-state index in [0.717, 1.165) is 11.3 Å². The minimum Gasteiger partial charge on any atom is -0.348 e. The number of anilines is 1. The minimum absolute atomic E-state index is 0.135. The molecule has 4 rings (SSSR count). The predicted octanol–water partition coefficient (Wildman–Crippen LogP) is 4.40. The Bertz CT molecular complexity index is 936. The van der Waals surface area contributed by atoms with Gasteiger partial charge in [-0.1, -0.05) is 24.3 Å². The molecule has 1 atom stereocenters. The number of aromatic nitrogens is 1. The molecule has 2 heterocycles. The molecule has 132 valence electrons. The summed E-state index contributed by atoms with van der Waals surface area (Å²) in [4.78, 5) is 14.5. The van der Waals surface area contributed by atoms with Gasteiger partial charge in [0.1, 0.15) is 11.6 Å². The Hall–Kier alpha value is -3.15. The van der Waals surface area contributed by atoms with Crippen LogP contribution >= 0.6 is 0 Å². The van der Waals surface area contributed by atoms with Crippen LogP contribution in [-0.2, 0) is 6.54 Å². The van der Waals surface area contributed by atoms with E-state index in [0.29, 0.717) is 13.1 Å². The Labute approximate surface area is 149 Å². The number of carbonyl (C=O) groups excluding carboxylic acids is 1. The van der Waals surface area contributed by atoms with Crippen molar-refractivity contribution in [3.8, 4) is 0 Å². The van der Waals surface area contributed by atoms with E-state index in [1.54, 1.807) is 29.2 Å². The average molecular weight is 353 g/mol. The molecular weight excluding hydrogens is 336 g/mol. The standard InChI is InChI=1S/C20H17F2N3O/c21-15-9-7-14(8-10-15)19-18-6-3-11-24(18)12-13-25(19)20(26)23-17-5-2-1-4-16(17)22/h1-11,19H,12-13H2,(H,23,26)/t19-/m0/s1. The van der Waals surface area contributed by atoms with Crippen LogP contribution in [0.5, 0.6) is 0 Å². The van der Waals surface area contributed by atoms with Crippen molar-refractivity contribution in [2.45, 2.75) is 12.6 Å². The molecule has 4 nitrogen and oxygen atoms in total. The third-order valence-electron chi connectivity index (χ3n) is 4.60. The first-order chi connectivity index (χ1) is 12.6. The number of amides is 2. The Balaban J connectivity index is 1.68. The normalized spacial score (nSPS) is 16.2. The molecule has 0 saturated heterocycles. The second-order valence-electron chi connectivity index (χ2n) is 6.18. The number of hydrogen-bond donors (Lipinski definition) is 1. The first-order valence-electron chi connectivity index (χ1n) is 8.36. The van der Waals surface area contributed by atoms with Crippen LogP contribution in [0.25, 0.3) is 0 Å². The maximum atomic E-state index is 13.9. The van der Waals surface area contributed by atoms with E-state index >= 15 is 0 Å². The van der Waals surface area contributed by atoms with E-state index in [1.165, 1.54) is 24.3 Å². The van der Waals surface area contributed by atoms with Gasteiger partial charge in [0.15, 0.2) is 0 Å². The van der Waals surface area contributed by atoms with Gasteiger partial charge in [-0.15, -0.1) is 0 Å². The Morgan fingerprint density at radius 2 is 1.73 bits per heavy atom. The Morgan fingerprint density at radius 3 is 2.50 bits per heavy atom. The number of carbonyl (C=O) groups is 1. The summed E-state index contributed by atoms with van der Waals surface area (Å²) in [5.41, 5.74) is 1.87. The number of para-hydroxylation sites is 1. The van der Waals surface area contributed by atoms with Gasteiger partial charge in [-0.25, -0.2) is 13.6 Å². The first kappa shape index (κ1) is 16.3. The molecule has 1 aromatic heterocycles. The molecule has 0 unspecified atom stereocenters. The lowest BCUT2D eigenvalue weighted by Gasteiger charge is -2.37. The summed E-state index contributed by atoms with van der Waals surface area (Å²) in [6, 6.07) is 15.3. The number of benzene rings is 2. The molecule has 0 spiro atoms. The zero-order valence-electron chi connectivity index (χ0n) is 13.9. The maximum Gasteiger partial charge on any atom is 0.322 e. The number of nitrogens with one attached hydrogen (secondary N) is 1. The van der Waals surface area contributed by atoms with Gasteiger partial charge in [0, 0.05) is 25.0 Å². The van der Waals surface area contributed by atoms with Crippen LogP contribution in [0.15, 0.2) is 66.9 Å². The second kappa shape index (κ2) is 6.63. The van der Waals surface area contributed by atoms with Crippen molar-refractivity contribution in [3.05, 3.63) is 89.8 Å². The van der Waals surface area contributed by atoms with Gasteiger partial charge in [0.2, 0.25) is 0 Å². The van der Waals surface area contributed by atoms with Gasteiger partial charge >= 0.3 is 6.03 Å². The smallest absolute Gasteiger partial charge is 0.322 e. The summed E-state index contributed by atoms with van der Waals surface area (Å²) in [7, 11) is 0. The van der Waals surface area contributed by atoms with Crippen molar-refractivity contribution in [2.75, 3.05) is 11.9 Å². The molecular formula is C20H17F2N3O. The quantitative estimate of drug-likeness (QED) is 0.728. The topological polar surface area (TPSA) is 37.3 Å². The van der Waals surface area contributed by atoms with Gasteiger partial charge < -0.3 is 14.8 Å². The van der Waals surface area contributed by atoms with Gasteiger partial charge in [-0.05, 0) is 42.0 Å². The SMILES string of the molecule is O=C(Nc1ccccc1F)N1CCn2cccc2[C@@H]1c1ccc(F)cc1. The van der Waals surface area contributed by atoms with Crippen LogP contribution in [0.2, 0.25) is 0 Å². The minimum atomic E-state index is -0.487. The molecule has 3 aromatic rings. The number of urea groups is 1. The van der Waals surface area contributed by atoms with Gasteiger partial charge in [0.05, 0.1) is 11.7 Å². The summed E-state index contributed by atoms with van der Waals surface area (Å²) < 4.78 is 29.3. The molecule has 26 heavy (non-hydrogen) atoms. The summed E-state index contributed by atoms with van der Waals surface area (Å²) in [5, 5.41) is 2.64. The van der Waals surface area contributed by atoms with Crippen LogP contribution in [0.3, 0.4) is 0 Å². The molecule has 1 aliphatic rings. The van der Waals surface area contributed by atoms with Crippen molar-refractivity contribution in [1.82, 2.24) is 9.47 Å². The van der Waals surface area contributed by atoms with Gasteiger partial charge in [-0.2, -0.15) is 0 Å². The van der Waals surface area contributed by atoms with Crippen LogP contribution in [0.4, 0.5) is 19.3 Å². The van der Waals surface area contributed by atoms with E-state index in [2.05, 4.69) is 9.88 Å². The Morgan fingerprint density at radius 1 is 0.962 bits per heavy atom. The zero-order valence-corrected chi connectivity index (χ0v) is 13.9. The molecule has 0 radical (unpaired) electrons. The third-order valence-corrected chi connectivity index (χ3v) is 4.60.